The van der Waals surface area contributed by atoms with Crippen molar-refractivity contribution in [3.63, 3.8) is 0 Å². The van der Waals surface area contributed by atoms with Crippen LogP contribution in [0, 0.1) is 20.8 Å². The molecule has 1 aromatic carbocycles. The number of aromatic nitrogens is 2. The van der Waals surface area contributed by atoms with Crippen LogP contribution in [0.1, 0.15) is 35.9 Å². The standard InChI is InChI=1S/C17H25N3/c1-6-9-18-11-15-8-7-12(2)10-16(15)17-13(3)19-20(5)14(17)4/h7-8,10,18H,6,9,11H2,1-5H3. The highest BCUT2D eigenvalue weighted by atomic mass is 15.3. The van der Waals surface area contributed by atoms with Gasteiger partial charge in [-0.25, -0.2) is 0 Å². The maximum atomic E-state index is 4.55. The Kier molecular flexibility index (Phi) is 4.61. The quantitative estimate of drug-likeness (QED) is 0.843. The van der Waals surface area contributed by atoms with Gasteiger partial charge in [0.05, 0.1) is 5.69 Å². The first-order valence-corrected chi connectivity index (χ1v) is 7.35. The molecule has 0 fully saturated rings. The van der Waals surface area contributed by atoms with Gasteiger partial charge in [0.2, 0.25) is 0 Å². The lowest BCUT2D eigenvalue weighted by atomic mass is 9.96. The lowest BCUT2D eigenvalue weighted by Crippen LogP contribution is -2.14. The number of rotatable bonds is 5. The van der Waals surface area contributed by atoms with E-state index < -0.39 is 0 Å². The molecule has 0 atom stereocenters. The van der Waals surface area contributed by atoms with Gasteiger partial charge in [-0.2, -0.15) is 5.10 Å². The van der Waals surface area contributed by atoms with Crippen LogP contribution in [0.4, 0.5) is 0 Å². The van der Waals surface area contributed by atoms with Gasteiger partial charge in [0.15, 0.2) is 0 Å². The molecule has 0 spiro atoms. The van der Waals surface area contributed by atoms with E-state index in [1.165, 1.54) is 27.9 Å². The van der Waals surface area contributed by atoms with E-state index >= 15 is 0 Å². The summed E-state index contributed by atoms with van der Waals surface area (Å²) in [5.74, 6) is 0. The third kappa shape index (κ3) is 2.93. The maximum Gasteiger partial charge on any atom is 0.0674 e. The molecule has 108 valence electrons. The second kappa shape index (κ2) is 6.23. The normalized spacial score (nSPS) is 11.1. The van der Waals surface area contributed by atoms with Crippen LogP contribution in [0.2, 0.25) is 0 Å². The first kappa shape index (κ1) is 14.8. The molecule has 0 amide bonds. The van der Waals surface area contributed by atoms with Gasteiger partial charge in [-0.15, -0.1) is 0 Å². The summed E-state index contributed by atoms with van der Waals surface area (Å²) < 4.78 is 1.97. The minimum atomic E-state index is 0.914. The molecular formula is C17H25N3. The van der Waals surface area contributed by atoms with Crippen molar-refractivity contribution in [1.29, 1.82) is 0 Å². The molecule has 3 heteroatoms. The molecule has 2 aromatic rings. The zero-order valence-electron chi connectivity index (χ0n) is 13.2. The average Bonchev–Trinajstić information content (AvgIpc) is 2.65. The molecule has 3 nitrogen and oxygen atoms in total. The van der Waals surface area contributed by atoms with Gasteiger partial charge in [-0.3, -0.25) is 4.68 Å². The molecular weight excluding hydrogens is 246 g/mol. The predicted molar refractivity (Wildman–Crippen MR) is 84.9 cm³/mol. The number of hydrogen-bond donors (Lipinski definition) is 1. The third-order valence-electron chi connectivity index (χ3n) is 3.79. The Bertz CT molecular complexity index is 597. The summed E-state index contributed by atoms with van der Waals surface area (Å²) in [5.41, 5.74) is 7.57. The van der Waals surface area contributed by atoms with E-state index in [1.807, 2.05) is 11.7 Å². The van der Waals surface area contributed by atoms with Crippen molar-refractivity contribution < 1.29 is 0 Å². The fourth-order valence-electron chi connectivity index (χ4n) is 2.64. The van der Waals surface area contributed by atoms with Crippen molar-refractivity contribution in [2.24, 2.45) is 7.05 Å². The van der Waals surface area contributed by atoms with Crippen LogP contribution in [0.25, 0.3) is 11.1 Å². The van der Waals surface area contributed by atoms with Crippen molar-refractivity contribution in [2.45, 2.75) is 40.7 Å². The molecule has 0 saturated heterocycles. The van der Waals surface area contributed by atoms with Crippen molar-refractivity contribution in [3.8, 4) is 11.1 Å². The Labute approximate surface area is 122 Å². The Morgan fingerprint density at radius 2 is 1.95 bits per heavy atom. The fourth-order valence-corrected chi connectivity index (χ4v) is 2.64. The molecule has 0 saturated carbocycles. The largest absolute Gasteiger partial charge is 0.313 e. The minimum Gasteiger partial charge on any atom is -0.313 e. The summed E-state index contributed by atoms with van der Waals surface area (Å²) in [6.07, 6.45) is 1.16. The Morgan fingerprint density at radius 3 is 2.55 bits per heavy atom. The minimum absolute atomic E-state index is 0.914. The topological polar surface area (TPSA) is 29.9 Å². The highest BCUT2D eigenvalue weighted by molar-refractivity contribution is 5.72. The van der Waals surface area contributed by atoms with E-state index in [4.69, 9.17) is 0 Å². The Morgan fingerprint density at radius 1 is 1.20 bits per heavy atom. The summed E-state index contributed by atoms with van der Waals surface area (Å²) in [6.45, 7) is 10.5. The van der Waals surface area contributed by atoms with Crippen molar-refractivity contribution in [1.82, 2.24) is 15.1 Å². The first-order valence-electron chi connectivity index (χ1n) is 7.35. The Hall–Kier alpha value is -1.61. The van der Waals surface area contributed by atoms with Gasteiger partial charge in [-0.05, 0) is 44.9 Å². The molecule has 1 N–H and O–H groups in total. The SMILES string of the molecule is CCCNCc1ccc(C)cc1-c1c(C)nn(C)c1C. The number of benzene rings is 1. The molecule has 1 aromatic heterocycles. The summed E-state index contributed by atoms with van der Waals surface area (Å²) in [6, 6.07) is 6.70. The van der Waals surface area contributed by atoms with Crippen LogP contribution in [-0.2, 0) is 13.6 Å². The van der Waals surface area contributed by atoms with Crippen LogP contribution in [-0.4, -0.2) is 16.3 Å². The summed E-state index contributed by atoms with van der Waals surface area (Å²) >= 11 is 0. The zero-order chi connectivity index (χ0) is 14.7. The molecule has 0 aliphatic heterocycles. The van der Waals surface area contributed by atoms with Crippen LogP contribution < -0.4 is 5.32 Å². The van der Waals surface area contributed by atoms with Crippen molar-refractivity contribution in [2.75, 3.05) is 6.54 Å². The zero-order valence-corrected chi connectivity index (χ0v) is 13.2. The first-order chi connectivity index (χ1) is 9.54. The van der Waals surface area contributed by atoms with Crippen LogP contribution >= 0.6 is 0 Å². The molecule has 1 heterocycles. The molecule has 0 radical (unpaired) electrons. The van der Waals surface area contributed by atoms with Crippen LogP contribution in [0.15, 0.2) is 18.2 Å². The van der Waals surface area contributed by atoms with Crippen LogP contribution in [0.3, 0.4) is 0 Å². The van der Waals surface area contributed by atoms with Gasteiger partial charge in [0.1, 0.15) is 0 Å². The van der Waals surface area contributed by atoms with E-state index in [1.54, 1.807) is 0 Å². The number of aryl methyl sites for hydroxylation is 3. The lowest BCUT2D eigenvalue weighted by Gasteiger charge is -2.12. The fraction of sp³-hybridized carbons (Fsp3) is 0.471. The van der Waals surface area contributed by atoms with Gasteiger partial charge < -0.3 is 5.32 Å². The van der Waals surface area contributed by atoms with Crippen molar-refractivity contribution >= 4 is 0 Å². The second-order valence-corrected chi connectivity index (χ2v) is 5.51. The predicted octanol–water partition coefficient (Wildman–Crippen LogP) is 3.51. The van der Waals surface area contributed by atoms with Crippen LogP contribution in [0.5, 0.6) is 0 Å². The van der Waals surface area contributed by atoms with Gasteiger partial charge in [0, 0.05) is 24.8 Å². The second-order valence-electron chi connectivity index (χ2n) is 5.51. The molecule has 2 rings (SSSR count). The number of nitrogens with zero attached hydrogens (tertiary/aromatic N) is 2. The van der Waals surface area contributed by atoms with E-state index in [-0.39, 0.29) is 0 Å². The Balaban J connectivity index is 2.45. The summed E-state index contributed by atoms with van der Waals surface area (Å²) in [5, 5.41) is 8.05. The molecule has 0 bridgehead atoms. The molecule has 0 aliphatic rings. The van der Waals surface area contributed by atoms with Gasteiger partial charge >= 0.3 is 0 Å². The number of hydrogen-bond acceptors (Lipinski definition) is 2. The molecule has 0 aliphatic carbocycles. The third-order valence-corrected chi connectivity index (χ3v) is 3.79. The van der Waals surface area contributed by atoms with Gasteiger partial charge in [-0.1, -0.05) is 30.7 Å². The monoisotopic (exact) mass is 271 g/mol. The van der Waals surface area contributed by atoms with E-state index in [9.17, 15) is 0 Å². The summed E-state index contributed by atoms with van der Waals surface area (Å²) in [4.78, 5) is 0. The molecule has 20 heavy (non-hydrogen) atoms. The number of nitrogens with one attached hydrogen (secondary N) is 1. The highest BCUT2D eigenvalue weighted by Crippen LogP contribution is 2.30. The van der Waals surface area contributed by atoms with Gasteiger partial charge in [0.25, 0.3) is 0 Å². The van der Waals surface area contributed by atoms with E-state index in [0.717, 1.165) is 25.2 Å². The molecule has 0 unspecified atom stereocenters. The smallest absolute Gasteiger partial charge is 0.0674 e. The van der Waals surface area contributed by atoms with E-state index in [2.05, 4.69) is 56.3 Å². The highest BCUT2D eigenvalue weighted by Gasteiger charge is 2.15. The van der Waals surface area contributed by atoms with E-state index in [0.29, 0.717) is 0 Å². The van der Waals surface area contributed by atoms with Crippen molar-refractivity contribution in [3.05, 3.63) is 40.7 Å². The summed E-state index contributed by atoms with van der Waals surface area (Å²) in [7, 11) is 2.01. The average molecular weight is 271 g/mol. The maximum absolute atomic E-state index is 4.55. The lowest BCUT2D eigenvalue weighted by molar-refractivity contribution is 0.676.